The first kappa shape index (κ1) is 12.9. The maximum atomic E-state index is 12.5. The normalized spacial score (nSPS) is 36.6. The van der Waals surface area contributed by atoms with E-state index >= 15 is 0 Å². The Kier molecular flexibility index (Phi) is 2.99. The van der Waals surface area contributed by atoms with Gasteiger partial charge in [-0.3, -0.25) is 0 Å². The van der Waals surface area contributed by atoms with E-state index in [0.29, 0.717) is 37.3 Å². The topological polar surface area (TPSA) is 46.6 Å². The van der Waals surface area contributed by atoms with Crippen molar-refractivity contribution in [3.63, 3.8) is 0 Å². The van der Waals surface area contributed by atoms with Crippen LogP contribution in [0.4, 0.5) is 0 Å². The lowest BCUT2D eigenvalue weighted by atomic mass is 9.80. The third-order valence-corrected chi connectivity index (χ3v) is 7.02. The maximum Gasteiger partial charge on any atom is 0.214 e. The summed E-state index contributed by atoms with van der Waals surface area (Å²) in [5.74, 6) is 1.12. The number of ether oxygens (including phenoxy) is 1. The van der Waals surface area contributed by atoms with Crippen molar-refractivity contribution in [1.82, 2.24) is 4.31 Å². The third-order valence-electron chi connectivity index (χ3n) is 5.02. The lowest BCUT2D eigenvalue weighted by Gasteiger charge is -2.29. The second-order valence-electron chi connectivity index (χ2n) is 6.82. The predicted octanol–water partition coefficient (Wildman–Crippen LogP) is 1.47. The lowest BCUT2D eigenvalue weighted by Crippen LogP contribution is -2.41. The summed E-state index contributed by atoms with van der Waals surface area (Å²) in [6, 6.07) is 0.0880. The summed E-state index contributed by atoms with van der Waals surface area (Å²) < 4.78 is 32.3. The summed E-state index contributed by atoms with van der Waals surface area (Å²) in [5.41, 5.74) is 0.0495. The minimum atomic E-state index is -3.09. The van der Waals surface area contributed by atoms with Crippen LogP contribution in [0.15, 0.2) is 0 Å². The highest BCUT2D eigenvalue weighted by atomic mass is 32.2. The Morgan fingerprint density at radius 1 is 1.28 bits per heavy atom. The van der Waals surface area contributed by atoms with E-state index in [2.05, 4.69) is 13.8 Å². The average Bonchev–Trinajstić information content (AvgIpc) is 2.76. The summed E-state index contributed by atoms with van der Waals surface area (Å²) in [4.78, 5) is 0. The Hall–Kier alpha value is -0.130. The van der Waals surface area contributed by atoms with Gasteiger partial charge in [0, 0.05) is 12.5 Å². The van der Waals surface area contributed by atoms with Crippen molar-refractivity contribution in [3.05, 3.63) is 0 Å². The number of rotatable bonds is 3. The van der Waals surface area contributed by atoms with E-state index in [0.717, 1.165) is 12.8 Å². The minimum absolute atomic E-state index is 0.0495. The predicted molar refractivity (Wildman–Crippen MR) is 69.7 cm³/mol. The monoisotopic (exact) mass is 273 g/mol. The van der Waals surface area contributed by atoms with Crippen molar-refractivity contribution in [2.45, 2.75) is 39.2 Å². The molecule has 5 heteroatoms. The fraction of sp³-hybridized carbons (Fsp3) is 1.00. The number of fused-ring (bicyclic) bond motifs is 1. The van der Waals surface area contributed by atoms with Crippen molar-refractivity contribution in [1.29, 1.82) is 0 Å². The van der Waals surface area contributed by atoms with Crippen molar-refractivity contribution in [2.24, 2.45) is 17.3 Å². The number of nitrogens with zero attached hydrogens (tertiary/aromatic N) is 1. The fourth-order valence-corrected chi connectivity index (χ4v) is 5.84. The van der Waals surface area contributed by atoms with Gasteiger partial charge < -0.3 is 4.74 Å². The molecular weight excluding hydrogens is 250 g/mol. The first-order chi connectivity index (χ1) is 8.40. The summed E-state index contributed by atoms with van der Waals surface area (Å²) in [7, 11) is -3.09. The maximum absolute atomic E-state index is 12.5. The van der Waals surface area contributed by atoms with Crippen LogP contribution in [0.2, 0.25) is 0 Å². The van der Waals surface area contributed by atoms with Crippen LogP contribution in [0.3, 0.4) is 0 Å². The van der Waals surface area contributed by atoms with E-state index < -0.39 is 10.0 Å². The highest BCUT2D eigenvalue weighted by Crippen LogP contribution is 2.45. The smallest absolute Gasteiger partial charge is 0.214 e. The van der Waals surface area contributed by atoms with Gasteiger partial charge in [-0.05, 0) is 24.2 Å². The Labute approximate surface area is 110 Å². The van der Waals surface area contributed by atoms with Gasteiger partial charge in [0.15, 0.2) is 0 Å². The molecule has 0 aromatic rings. The molecule has 0 aromatic heterocycles. The minimum Gasteiger partial charge on any atom is -0.379 e. The van der Waals surface area contributed by atoms with Gasteiger partial charge in [-0.15, -0.1) is 0 Å². The summed E-state index contributed by atoms with van der Waals surface area (Å²) in [6.07, 6.45) is 3.36. The highest BCUT2D eigenvalue weighted by Gasteiger charge is 2.53. The molecule has 1 saturated carbocycles. The Morgan fingerprint density at radius 3 is 2.61 bits per heavy atom. The Bertz CT molecular complexity index is 428. The van der Waals surface area contributed by atoms with Crippen molar-refractivity contribution in [3.8, 4) is 0 Å². The van der Waals surface area contributed by atoms with Crippen LogP contribution in [0.25, 0.3) is 0 Å². The molecule has 0 aromatic carbocycles. The van der Waals surface area contributed by atoms with Gasteiger partial charge in [-0.1, -0.05) is 20.3 Å². The molecule has 1 aliphatic carbocycles. The van der Waals surface area contributed by atoms with Crippen LogP contribution in [0.1, 0.15) is 33.1 Å². The summed E-state index contributed by atoms with van der Waals surface area (Å²) in [5, 5.41) is 0. The number of sulfonamides is 1. The average molecular weight is 273 g/mol. The molecule has 3 fully saturated rings. The fourth-order valence-electron chi connectivity index (χ4n) is 3.57. The standard InChI is InChI=1S/C13H23NO3S/c1-13(2)9-14(12-7-17-6-11(12)13)18(15,16)8-10-4-3-5-10/h10-12H,3-9H2,1-2H3/t11-,12+/m0/s1. The molecule has 2 aliphatic heterocycles. The van der Waals surface area contributed by atoms with Crippen LogP contribution >= 0.6 is 0 Å². The molecule has 2 atom stereocenters. The van der Waals surface area contributed by atoms with Crippen LogP contribution in [0.5, 0.6) is 0 Å². The van der Waals surface area contributed by atoms with Gasteiger partial charge in [0.05, 0.1) is 25.0 Å². The SMILES string of the molecule is CC1(C)CN(S(=O)(=O)CC2CCC2)[C@@H]2COC[C@@H]21. The summed E-state index contributed by atoms with van der Waals surface area (Å²) in [6.45, 7) is 6.29. The molecule has 4 nitrogen and oxygen atoms in total. The van der Waals surface area contributed by atoms with Crippen molar-refractivity contribution < 1.29 is 13.2 Å². The number of hydrogen-bond donors (Lipinski definition) is 0. The van der Waals surface area contributed by atoms with Gasteiger partial charge in [-0.2, -0.15) is 4.31 Å². The van der Waals surface area contributed by atoms with E-state index in [-0.39, 0.29) is 11.5 Å². The second kappa shape index (κ2) is 4.18. The molecule has 0 unspecified atom stereocenters. The van der Waals surface area contributed by atoms with Gasteiger partial charge in [0.25, 0.3) is 0 Å². The van der Waals surface area contributed by atoms with Gasteiger partial charge >= 0.3 is 0 Å². The summed E-state index contributed by atoms with van der Waals surface area (Å²) >= 11 is 0. The van der Waals surface area contributed by atoms with E-state index in [1.165, 1.54) is 6.42 Å². The molecule has 3 rings (SSSR count). The largest absolute Gasteiger partial charge is 0.379 e. The zero-order valence-electron chi connectivity index (χ0n) is 11.3. The quantitative estimate of drug-likeness (QED) is 0.782. The lowest BCUT2D eigenvalue weighted by molar-refractivity contribution is 0.137. The van der Waals surface area contributed by atoms with E-state index in [9.17, 15) is 8.42 Å². The molecule has 104 valence electrons. The van der Waals surface area contributed by atoms with E-state index in [1.54, 1.807) is 4.31 Å². The van der Waals surface area contributed by atoms with E-state index in [1.807, 2.05) is 0 Å². The zero-order chi connectivity index (χ0) is 13.0. The second-order valence-corrected chi connectivity index (χ2v) is 8.79. The Balaban J connectivity index is 1.79. The van der Waals surface area contributed by atoms with Gasteiger partial charge in [0.2, 0.25) is 10.0 Å². The molecule has 2 heterocycles. The van der Waals surface area contributed by atoms with Crippen molar-refractivity contribution in [2.75, 3.05) is 25.5 Å². The van der Waals surface area contributed by atoms with Crippen molar-refractivity contribution >= 4 is 10.0 Å². The highest BCUT2D eigenvalue weighted by molar-refractivity contribution is 7.89. The Morgan fingerprint density at radius 2 is 2.00 bits per heavy atom. The molecule has 0 amide bonds. The first-order valence-corrected chi connectivity index (χ1v) is 8.58. The molecule has 3 aliphatic rings. The van der Waals surface area contributed by atoms with Crippen LogP contribution in [-0.4, -0.2) is 44.3 Å². The molecule has 0 spiro atoms. The molecule has 2 saturated heterocycles. The van der Waals surface area contributed by atoms with E-state index in [4.69, 9.17) is 4.74 Å². The van der Waals surface area contributed by atoms with Crippen LogP contribution in [-0.2, 0) is 14.8 Å². The number of hydrogen-bond acceptors (Lipinski definition) is 3. The van der Waals surface area contributed by atoms with Gasteiger partial charge in [0.1, 0.15) is 0 Å². The van der Waals surface area contributed by atoms with Crippen LogP contribution < -0.4 is 0 Å². The molecule has 0 N–H and O–H groups in total. The van der Waals surface area contributed by atoms with Gasteiger partial charge in [-0.25, -0.2) is 8.42 Å². The molecule has 18 heavy (non-hydrogen) atoms. The molecule has 0 radical (unpaired) electrons. The molecule has 0 bridgehead atoms. The first-order valence-electron chi connectivity index (χ1n) is 6.97. The zero-order valence-corrected chi connectivity index (χ0v) is 12.1. The molecular formula is C13H23NO3S. The van der Waals surface area contributed by atoms with Crippen LogP contribution in [0, 0.1) is 17.3 Å². The third kappa shape index (κ3) is 2.00.